The van der Waals surface area contributed by atoms with Gasteiger partial charge in [-0.2, -0.15) is 0 Å². The van der Waals surface area contributed by atoms with Crippen molar-refractivity contribution in [1.82, 2.24) is 24.5 Å². The van der Waals surface area contributed by atoms with E-state index in [9.17, 15) is 17.8 Å². The number of ketones is 1. The van der Waals surface area contributed by atoms with Gasteiger partial charge in [-0.1, -0.05) is 17.4 Å². The number of rotatable bonds is 7. The molecule has 40 heavy (non-hydrogen) atoms. The van der Waals surface area contributed by atoms with E-state index in [0.29, 0.717) is 21.7 Å². The van der Waals surface area contributed by atoms with Crippen molar-refractivity contribution < 1.29 is 22.2 Å². The van der Waals surface area contributed by atoms with Crippen LogP contribution in [0.5, 0.6) is 0 Å². The molecule has 2 aromatic carbocycles. The van der Waals surface area contributed by atoms with Gasteiger partial charge in [0.05, 0.1) is 26.7 Å². The maximum Gasteiger partial charge on any atom is 0.201 e. The van der Waals surface area contributed by atoms with E-state index in [0.717, 1.165) is 28.8 Å². The lowest BCUT2D eigenvalue weighted by atomic mass is 10.0. The van der Waals surface area contributed by atoms with Crippen LogP contribution in [0.4, 0.5) is 18.9 Å². The van der Waals surface area contributed by atoms with E-state index in [-0.39, 0.29) is 16.1 Å². The number of thiazole rings is 1. The number of fused-ring (bicyclic) bond motifs is 1. The van der Waals surface area contributed by atoms with Crippen LogP contribution in [0.2, 0.25) is 0 Å². The topological polar surface area (TPSA) is 106 Å². The number of hydrogen-bond donors (Lipinski definition) is 2. The molecule has 0 aliphatic heterocycles. The van der Waals surface area contributed by atoms with Gasteiger partial charge >= 0.3 is 0 Å². The third kappa shape index (κ3) is 4.69. The Bertz CT molecular complexity index is 1950. The molecule has 2 N–H and O–H groups in total. The van der Waals surface area contributed by atoms with Gasteiger partial charge in [0.15, 0.2) is 10.9 Å². The summed E-state index contributed by atoms with van der Waals surface area (Å²) >= 11 is 1.38. The van der Waals surface area contributed by atoms with Crippen LogP contribution in [0.15, 0.2) is 78.5 Å². The Morgan fingerprint density at radius 2 is 1.93 bits per heavy atom. The zero-order valence-corrected chi connectivity index (χ0v) is 22.1. The Kier molecular flexibility index (Phi) is 6.52. The summed E-state index contributed by atoms with van der Waals surface area (Å²) in [5, 5.41) is 1.04. The van der Waals surface area contributed by atoms with Gasteiger partial charge in [0.2, 0.25) is 5.78 Å². The lowest BCUT2D eigenvalue weighted by Crippen LogP contribution is -2.12. The molecule has 6 aromatic rings. The van der Waals surface area contributed by atoms with E-state index < -0.39 is 39.8 Å². The van der Waals surface area contributed by atoms with E-state index in [1.165, 1.54) is 35.7 Å². The van der Waals surface area contributed by atoms with Gasteiger partial charge in [-0.05, 0) is 43.3 Å². The standard InChI is InChI=1S/C27H17F3N6O2S2/c1-14-12-36(13-34-14)27-33-11-22(39-27)15-7-18-19(10-32-26(18)31-9-15)25(37)23-20(29)5-6-21(24(23)30)35-40(38)17-4-2-3-16(28)8-17/h2-13,35H,1H3,(H,31,32). The molecule has 0 radical (unpaired) electrons. The van der Waals surface area contributed by atoms with Crippen LogP contribution in [0.3, 0.4) is 0 Å². The lowest BCUT2D eigenvalue weighted by Gasteiger charge is -2.11. The largest absolute Gasteiger partial charge is 0.345 e. The van der Waals surface area contributed by atoms with Crippen LogP contribution in [0, 0.1) is 24.4 Å². The minimum Gasteiger partial charge on any atom is -0.345 e. The number of H-pyrrole nitrogens is 1. The average Bonchev–Trinajstić information content (AvgIpc) is 3.69. The summed E-state index contributed by atoms with van der Waals surface area (Å²) in [5.41, 5.74) is 0.642. The van der Waals surface area contributed by atoms with Gasteiger partial charge < -0.3 is 4.98 Å². The number of carbonyl (C=O) groups is 1. The van der Waals surface area contributed by atoms with E-state index in [4.69, 9.17) is 0 Å². The second-order valence-corrected chi connectivity index (χ2v) is 10.9. The molecule has 0 aliphatic carbocycles. The summed E-state index contributed by atoms with van der Waals surface area (Å²) in [6, 6.07) is 8.55. The summed E-state index contributed by atoms with van der Waals surface area (Å²) in [6.45, 7) is 1.87. The summed E-state index contributed by atoms with van der Waals surface area (Å²) in [6.07, 6.45) is 8.10. The predicted molar refractivity (Wildman–Crippen MR) is 145 cm³/mol. The average molecular weight is 579 g/mol. The maximum absolute atomic E-state index is 15.5. The molecule has 0 saturated carbocycles. The minimum atomic E-state index is -2.07. The number of aromatic amines is 1. The number of hydrogen-bond acceptors (Lipinski definition) is 6. The Balaban J connectivity index is 1.34. The highest BCUT2D eigenvalue weighted by Gasteiger charge is 2.25. The first-order chi connectivity index (χ1) is 19.3. The predicted octanol–water partition coefficient (Wildman–Crippen LogP) is 5.96. The van der Waals surface area contributed by atoms with E-state index >= 15 is 4.39 Å². The molecule has 0 saturated heterocycles. The summed E-state index contributed by atoms with van der Waals surface area (Å²) in [4.78, 5) is 30.1. The smallest absolute Gasteiger partial charge is 0.201 e. The molecule has 0 fully saturated rings. The number of nitrogens with one attached hydrogen (secondary N) is 2. The van der Waals surface area contributed by atoms with Crippen LogP contribution >= 0.6 is 11.3 Å². The molecule has 0 aliphatic rings. The first kappa shape index (κ1) is 25.6. The number of pyridine rings is 1. The fourth-order valence-electron chi connectivity index (χ4n) is 4.08. The Hall–Kier alpha value is -4.62. The third-order valence-electron chi connectivity index (χ3n) is 6.02. The maximum atomic E-state index is 15.5. The van der Waals surface area contributed by atoms with Crippen molar-refractivity contribution in [1.29, 1.82) is 0 Å². The zero-order valence-electron chi connectivity index (χ0n) is 20.5. The molecule has 0 amide bonds. The monoisotopic (exact) mass is 578 g/mol. The van der Waals surface area contributed by atoms with Crippen molar-refractivity contribution >= 4 is 44.8 Å². The number of aromatic nitrogens is 5. The van der Waals surface area contributed by atoms with Crippen molar-refractivity contribution in [3.05, 3.63) is 108 Å². The van der Waals surface area contributed by atoms with Crippen molar-refractivity contribution in [2.24, 2.45) is 0 Å². The second-order valence-electron chi connectivity index (χ2n) is 8.69. The number of carbonyl (C=O) groups excluding carboxylic acids is 1. The normalized spacial score (nSPS) is 12.1. The number of nitrogens with zero attached hydrogens (tertiary/aromatic N) is 4. The lowest BCUT2D eigenvalue weighted by molar-refractivity contribution is 0.103. The van der Waals surface area contributed by atoms with Crippen molar-refractivity contribution in [3.63, 3.8) is 0 Å². The molecule has 1 unspecified atom stereocenters. The van der Waals surface area contributed by atoms with Crippen LogP contribution in [-0.2, 0) is 11.0 Å². The highest BCUT2D eigenvalue weighted by molar-refractivity contribution is 7.86. The SMILES string of the molecule is Cc1cn(-c2ncc(-c3cnc4[nH]cc(C(=O)c5c(F)ccc(NS(=O)c6cccc(F)c6)c5F)c4c3)s2)cn1. The molecule has 4 heterocycles. The minimum absolute atomic E-state index is 0.000487. The number of imidazole rings is 1. The number of benzene rings is 2. The van der Waals surface area contributed by atoms with Gasteiger partial charge in [0.25, 0.3) is 0 Å². The Morgan fingerprint density at radius 1 is 1.07 bits per heavy atom. The van der Waals surface area contributed by atoms with E-state index in [2.05, 4.69) is 24.7 Å². The number of aryl methyl sites for hydroxylation is 1. The van der Waals surface area contributed by atoms with Gasteiger partial charge in [-0.15, -0.1) is 0 Å². The van der Waals surface area contributed by atoms with E-state index in [1.54, 1.807) is 29.4 Å². The molecule has 8 nitrogen and oxygen atoms in total. The zero-order chi connectivity index (χ0) is 28.0. The quantitative estimate of drug-likeness (QED) is 0.227. The molecule has 200 valence electrons. The van der Waals surface area contributed by atoms with Gasteiger partial charge in [0.1, 0.15) is 34.6 Å². The fourth-order valence-corrected chi connectivity index (χ4v) is 5.82. The van der Waals surface area contributed by atoms with Crippen LogP contribution in [-0.4, -0.2) is 34.5 Å². The summed E-state index contributed by atoms with van der Waals surface area (Å²) < 4.78 is 60.6. The highest BCUT2D eigenvalue weighted by atomic mass is 32.2. The Morgan fingerprint density at radius 3 is 2.70 bits per heavy atom. The summed E-state index contributed by atoms with van der Waals surface area (Å²) in [7, 11) is -2.07. The van der Waals surface area contributed by atoms with Gasteiger partial charge in [-0.3, -0.25) is 14.1 Å². The second kappa shape index (κ2) is 10.2. The molecule has 0 bridgehead atoms. The van der Waals surface area contributed by atoms with Gasteiger partial charge in [0, 0.05) is 41.3 Å². The molecule has 4 aromatic heterocycles. The van der Waals surface area contributed by atoms with Crippen LogP contribution < -0.4 is 4.72 Å². The van der Waals surface area contributed by atoms with Gasteiger partial charge in [-0.25, -0.2) is 32.3 Å². The molecular weight excluding hydrogens is 561 g/mol. The molecule has 1 atom stereocenters. The number of anilines is 1. The van der Waals surface area contributed by atoms with Crippen LogP contribution in [0.1, 0.15) is 21.6 Å². The molecule has 13 heteroatoms. The molecular formula is C27H17F3N6O2S2. The first-order valence-electron chi connectivity index (χ1n) is 11.7. The first-order valence-corrected chi connectivity index (χ1v) is 13.7. The van der Waals surface area contributed by atoms with E-state index in [1.807, 2.05) is 13.1 Å². The van der Waals surface area contributed by atoms with Crippen molar-refractivity contribution in [3.8, 4) is 15.6 Å². The number of halogens is 3. The highest BCUT2D eigenvalue weighted by Crippen LogP contribution is 2.32. The molecule has 6 rings (SSSR count). The molecule has 0 spiro atoms. The van der Waals surface area contributed by atoms with Crippen molar-refractivity contribution in [2.75, 3.05) is 4.72 Å². The van der Waals surface area contributed by atoms with Crippen LogP contribution in [0.25, 0.3) is 26.6 Å². The Labute approximate surface area is 231 Å². The summed E-state index contributed by atoms with van der Waals surface area (Å²) in [5.74, 6) is -3.87. The van der Waals surface area contributed by atoms with Crippen molar-refractivity contribution in [2.45, 2.75) is 11.8 Å². The fraction of sp³-hybridized carbons (Fsp3) is 0.0370. The third-order valence-corrected chi connectivity index (χ3v) is 8.16.